The molecule has 0 aliphatic carbocycles. The van der Waals surface area contributed by atoms with Crippen molar-refractivity contribution in [1.82, 2.24) is 10.6 Å². The van der Waals surface area contributed by atoms with E-state index in [1.165, 1.54) is 48.6 Å². The number of hydrogen-bond donors (Lipinski definition) is 2. The molecule has 0 heterocycles. The zero-order valence-corrected chi connectivity index (χ0v) is 16.0. The van der Waals surface area contributed by atoms with Crippen LogP contribution >= 0.6 is 23.2 Å². The molecule has 0 fully saturated rings. The van der Waals surface area contributed by atoms with E-state index in [0.717, 1.165) is 12.2 Å². The van der Waals surface area contributed by atoms with E-state index in [0.29, 0.717) is 0 Å². The molecule has 4 nitrogen and oxygen atoms in total. The summed E-state index contributed by atoms with van der Waals surface area (Å²) in [5.74, 6) is -2.01. The van der Waals surface area contributed by atoms with Gasteiger partial charge in [-0.3, -0.25) is 9.59 Å². The van der Waals surface area contributed by atoms with Gasteiger partial charge in [0, 0.05) is 36.4 Å². The quantitative estimate of drug-likeness (QED) is 0.516. The average Bonchev–Trinajstić information content (AvgIpc) is 2.64. The Morgan fingerprint density at radius 2 is 1.18 bits per heavy atom. The fraction of sp³-hybridized carbons (Fsp3) is 0.100. The lowest BCUT2D eigenvalue weighted by Crippen LogP contribution is -2.33. The molecule has 0 saturated heterocycles. The van der Waals surface area contributed by atoms with Crippen LogP contribution in [0.1, 0.15) is 11.1 Å². The molecule has 0 aliphatic heterocycles. The van der Waals surface area contributed by atoms with Crippen LogP contribution in [-0.2, 0) is 9.59 Å². The Labute approximate surface area is 170 Å². The minimum atomic E-state index is -0.537. The summed E-state index contributed by atoms with van der Waals surface area (Å²) in [5, 5.41) is 5.44. The van der Waals surface area contributed by atoms with Gasteiger partial charge in [-0.15, -0.1) is 0 Å². The highest BCUT2D eigenvalue weighted by Crippen LogP contribution is 2.21. The molecule has 0 aromatic heterocycles. The van der Waals surface area contributed by atoms with Gasteiger partial charge < -0.3 is 10.6 Å². The number of carbonyl (C=O) groups is 2. The number of amides is 2. The van der Waals surface area contributed by atoms with Gasteiger partial charge >= 0.3 is 0 Å². The zero-order valence-electron chi connectivity index (χ0n) is 14.5. The molecule has 2 rings (SSSR count). The smallest absolute Gasteiger partial charge is 0.244 e. The molecule has 2 N–H and O–H groups in total. The van der Waals surface area contributed by atoms with Crippen molar-refractivity contribution >= 4 is 47.2 Å². The second kappa shape index (κ2) is 10.6. The fourth-order valence-corrected chi connectivity index (χ4v) is 2.60. The molecule has 0 unspecified atom stereocenters. The van der Waals surface area contributed by atoms with Crippen molar-refractivity contribution in [3.05, 3.63) is 81.4 Å². The fourth-order valence-electron chi connectivity index (χ4n) is 2.15. The second-order valence-electron chi connectivity index (χ2n) is 5.52. The topological polar surface area (TPSA) is 58.2 Å². The maximum Gasteiger partial charge on any atom is 0.244 e. The lowest BCUT2D eigenvalue weighted by Gasteiger charge is -2.04. The standard InChI is InChI=1S/C20H16Cl2F2N2O2/c21-15-3-1-5-17(23)13(15)7-9-19(27)25-11-12-26-20(28)10-8-14-16(22)4-2-6-18(14)24/h1-10H,11-12H2,(H,25,27)(H,26,28)/b9-7+,10-8+. The van der Waals surface area contributed by atoms with Gasteiger partial charge in [-0.2, -0.15) is 0 Å². The molecule has 146 valence electrons. The van der Waals surface area contributed by atoms with Crippen LogP contribution in [0.4, 0.5) is 8.78 Å². The molecule has 0 aliphatic rings. The predicted molar refractivity (Wildman–Crippen MR) is 107 cm³/mol. The summed E-state index contributed by atoms with van der Waals surface area (Å²) < 4.78 is 27.2. The molecule has 0 atom stereocenters. The Hall–Kier alpha value is -2.70. The molecule has 28 heavy (non-hydrogen) atoms. The molecule has 0 spiro atoms. The highest BCUT2D eigenvalue weighted by atomic mass is 35.5. The molecule has 0 bridgehead atoms. The average molecular weight is 425 g/mol. The maximum absolute atomic E-state index is 13.6. The molecular weight excluding hydrogens is 409 g/mol. The van der Waals surface area contributed by atoms with Crippen LogP contribution in [-0.4, -0.2) is 24.9 Å². The van der Waals surface area contributed by atoms with Gasteiger partial charge in [0.1, 0.15) is 11.6 Å². The Balaban J connectivity index is 1.76. The number of benzene rings is 2. The van der Waals surface area contributed by atoms with Crippen LogP contribution in [0.15, 0.2) is 48.6 Å². The van der Waals surface area contributed by atoms with E-state index < -0.39 is 23.4 Å². The Kier molecular flexibility index (Phi) is 8.17. The molecule has 2 aromatic rings. The van der Waals surface area contributed by atoms with Gasteiger partial charge in [0.25, 0.3) is 0 Å². The summed E-state index contributed by atoms with van der Waals surface area (Å²) in [6.45, 7) is 0.294. The van der Waals surface area contributed by atoms with E-state index in [9.17, 15) is 18.4 Å². The van der Waals surface area contributed by atoms with Gasteiger partial charge in [-0.25, -0.2) is 8.78 Å². The molecule has 0 saturated carbocycles. The molecule has 8 heteroatoms. The minimum Gasteiger partial charge on any atom is -0.351 e. The van der Waals surface area contributed by atoms with E-state index in [1.807, 2.05) is 0 Å². The summed E-state index contributed by atoms with van der Waals surface area (Å²) in [6, 6.07) is 8.43. The van der Waals surface area contributed by atoms with Crippen LogP contribution in [0.3, 0.4) is 0 Å². The highest BCUT2D eigenvalue weighted by Gasteiger charge is 2.05. The first-order chi connectivity index (χ1) is 13.4. The van der Waals surface area contributed by atoms with Crippen LogP contribution in [0, 0.1) is 11.6 Å². The third-order valence-electron chi connectivity index (χ3n) is 3.53. The summed E-state index contributed by atoms with van der Waals surface area (Å²) in [6.07, 6.45) is 4.83. The summed E-state index contributed by atoms with van der Waals surface area (Å²) in [5.41, 5.74) is 0.231. The Morgan fingerprint density at radius 1 is 0.786 bits per heavy atom. The van der Waals surface area contributed by atoms with Crippen molar-refractivity contribution < 1.29 is 18.4 Å². The number of hydrogen-bond acceptors (Lipinski definition) is 2. The SMILES string of the molecule is O=C(/C=C/c1c(F)cccc1Cl)NCCNC(=O)/C=C/c1c(F)cccc1Cl. The molecule has 2 aromatic carbocycles. The monoisotopic (exact) mass is 424 g/mol. The maximum atomic E-state index is 13.6. The second-order valence-corrected chi connectivity index (χ2v) is 6.33. The van der Waals surface area contributed by atoms with Crippen molar-refractivity contribution in [2.75, 3.05) is 13.1 Å². The van der Waals surface area contributed by atoms with Gasteiger partial charge in [0.2, 0.25) is 11.8 Å². The number of carbonyl (C=O) groups excluding carboxylic acids is 2. The van der Waals surface area contributed by atoms with Crippen LogP contribution in [0.25, 0.3) is 12.2 Å². The van der Waals surface area contributed by atoms with Gasteiger partial charge in [-0.05, 0) is 36.4 Å². The van der Waals surface area contributed by atoms with Crippen LogP contribution in [0.5, 0.6) is 0 Å². The number of nitrogens with one attached hydrogen (secondary N) is 2. The van der Waals surface area contributed by atoms with Crippen molar-refractivity contribution in [3.8, 4) is 0 Å². The molecule has 2 amide bonds. The lowest BCUT2D eigenvalue weighted by atomic mass is 10.2. The Bertz CT molecular complexity index is 814. The zero-order chi connectivity index (χ0) is 20.5. The van der Waals surface area contributed by atoms with Crippen LogP contribution in [0.2, 0.25) is 10.0 Å². The van der Waals surface area contributed by atoms with Crippen LogP contribution < -0.4 is 10.6 Å². The first-order valence-corrected chi connectivity index (χ1v) is 8.94. The van der Waals surface area contributed by atoms with Crippen molar-refractivity contribution in [1.29, 1.82) is 0 Å². The van der Waals surface area contributed by atoms with E-state index in [4.69, 9.17) is 23.2 Å². The van der Waals surface area contributed by atoms with Gasteiger partial charge in [0.05, 0.1) is 10.0 Å². The van der Waals surface area contributed by atoms with Crippen molar-refractivity contribution in [2.24, 2.45) is 0 Å². The number of rotatable bonds is 7. The number of halogens is 4. The minimum absolute atomic E-state index is 0.115. The normalized spacial score (nSPS) is 11.1. The van der Waals surface area contributed by atoms with E-state index >= 15 is 0 Å². The highest BCUT2D eigenvalue weighted by molar-refractivity contribution is 6.32. The Morgan fingerprint density at radius 3 is 1.54 bits per heavy atom. The summed E-state index contributed by atoms with van der Waals surface area (Å²) in [7, 11) is 0. The van der Waals surface area contributed by atoms with Gasteiger partial charge in [-0.1, -0.05) is 35.3 Å². The largest absolute Gasteiger partial charge is 0.351 e. The van der Waals surface area contributed by atoms with Gasteiger partial charge in [0.15, 0.2) is 0 Å². The first kappa shape index (κ1) is 21.6. The van der Waals surface area contributed by atoms with Crippen molar-refractivity contribution in [2.45, 2.75) is 0 Å². The molecular formula is C20H16Cl2F2N2O2. The predicted octanol–water partition coefficient (Wildman–Crippen LogP) is 4.23. The lowest BCUT2D eigenvalue weighted by molar-refractivity contribution is -0.118. The van der Waals surface area contributed by atoms with E-state index in [1.54, 1.807) is 0 Å². The van der Waals surface area contributed by atoms with Crippen molar-refractivity contribution in [3.63, 3.8) is 0 Å². The summed E-state index contributed by atoms with van der Waals surface area (Å²) >= 11 is 11.7. The molecule has 0 radical (unpaired) electrons. The van der Waals surface area contributed by atoms with E-state index in [2.05, 4.69) is 10.6 Å². The third-order valence-corrected chi connectivity index (χ3v) is 4.18. The summed E-state index contributed by atoms with van der Waals surface area (Å²) in [4.78, 5) is 23.4. The van der Waals surface area contributed by atoms with E-state index in [-0.39, 0.29) is 34.3 Å². The third kappa shape index (κ3) is 6.48. The first-order valence-electron chi connectivity index (χ1n) is 8.18.